The van der Waals surface area contributed by atoms with Gasteiger partial charge in [0.1, 0.15) is 6.42 Å². The van der Waals surface area contributed by atoms with E-state index >= 15 is 0 Å². The van der Waals surface area contributed by atoms with Gasteiger partial charge in [0.15, 0.2) is 0 Å². The zero-order valence-corrected chi connectivity index (χ0v) is 13.4. The van der Waals surface area contributed by atoms with E-state index in [1.807, 2.05) is 6.92 Å². The van der Waals surface area contributed by atoms with Gasteiger partial charge in [-0.2, -0.15) is 0 Å². The number of fused-ring (bicyclic) bond motifs is 4. The Morgan fingerprint density at radius 3 is 2.38 bits per heavy atom. The van der Waals surface area contributed by atoms with Crippen LogP contribution in [0.4, 0.5) is 0 Å². The average molecular weight is 333 g/mol. The van der Waals surface area contributed by atoms with Crippen molar-refractivity contribution in [1.82, 2.24) is 4.90 Å². The van der Waals surface area contributed by atoms with E-state index in [2.05, 4.69) is 0 Å². The normalized spacial score (nSPS) is 29.1. The van der Waals surface area contributed by atoms with E-state index < -0.39 is 26.7 Å². The van der Waals surface area contributed by atoms with Gasteiger partial charge in [-0.3, -0.25) is 29.9 Å². The predicted molar refractivity (Wildman–Crippen MR) is 85.1 cm³/mol. The second-order valence-corrected chi connectivity index (χ2v) is 6.69. The van der Waals surface area contributed by atoms with Crippen molar-refractivity contribution in [3.8, 4) is 0 Å². The van der Waals surface area contributed by atoms with Crippen LogP contribution in [-0.4, -0.2) is 45.7 Å². The summed E-state index contributed by atoms with van der Waals surface area (Å²) >= 11 is 0. The van der Waals surface area contributed by atoms with Crippen LogP contribution in [-0.2, 0) is 5.54 Å². The molecule has 128 valence electrons. The number of hydrogen-bond acceptors (Lipinski definition) is 6. The molecule has 0 spiro atoms. The Balaban J connectivity index is 2.21. The molecule has 1 saturated heterocycles. The van der Waals surface area contributed by atoms with Gasteiger partial charge in [-0.15, -0.1) is 0 Å². The maximum absolute atomic E-state index is 12.9. The lowest BCUT2D eigenvalue weighted by molar-refractivity contribution is -0.623. The lowest BCUT2D eigenvalue weighted by Crippen LogP contribution is -2.69. The van der Waals surface area contributed by atoms with Crippen LogP contribution in [0.3, 0.4) is 0 Å². The number of nitrogens with zero attached hydrogens (tertiary/aromatic N) is 3. The number of carbonyl (C=O) groups is 1. The highest BCUT2D eigenvalue weighted by molar-refractivity contribution is 6.05. The van der Waals surface area contributed by atoms with Crippen LogP contribution in [0.2, 0.25) is 0 Å². The van der Waals surface area contributed by atoms with Crippen molar-refractivity contribution in [3.63, 3.8) is 0 Å². The zero-order valence-electron chi connectivity index (χ0n) is 13.4. The van der Waals surface area contributed by atoms with Crippen molar-refractivity contribution in [2.45, 2.75) is 37.3 Å². The quantitative estimate of drug-likeness (QED) is 0.601. The first kappa shape index (κ1) is 16.5. The van der Waals surface area contributed by atoms with Crippen molar-refractivity contribution in [1.29, 1.82) is 0 Å². The van der Waals surface area contributed by atoms with Gasteiger partial charge in [-0.25, -0.2) is 0 Å². The lowest BCUT2D eigenvalue weighted by atomic mass is 9.64. The Bertz CT molecular complexity index is 721. The highest BCUT2D eigenvalue weighted by Gasteiger charge is 2.70. The summed E-state index contributed by atoms with van der Waals surface area (Å²) in [6, 6.07) is 6.26. The number of Topliss-reactive ketones (excluding diaryl/α,β-unsaturated/α-hetero) is 1. The summed E-state index contributed by atoms with van der Waals surface area (Å²) in [6.07, 6.45) is 1.27. The number of rotatable bonds is 5. The maximum atomic E-state index is 12.9. The van der Waals surface area contributed by atoms with Crippen LogP contribution >= 0.6 is 0 Å². The molecule has 1 heterocycles. The van der Waals surface area contributed by atoms with Gasteiger partial charge in [0.05, 0.1) is 13.1 Å². The molecule has 1 aromatic carbocycles. The van der Waals surface area contributed by atoms with Crippen LogP contribution in [0, 0.1) is 20.2 Å². The maximum Gasteiger partial charge on any atom is 0.303 e. The van der Waals surface area contributed by atoms with Crippen molar-refractivity contribution in [2.75, 3.05) is 19.6 Å². The number of carbonyl (C=O) groups excluding carboxylic acids is 1. The first-order chi connectivity index (χ1) is 11.4. The largest absolute Gasteiger partial charge is 0.303 e. The molecule has 0 N–H and O–H groups in total. The smallest absolute Gasteiger partial charge is 0.289 e. The minimum absolute atomic E-state index is 0.0667. The molecule has 8 nitrogen and oxygen atoms in total. The molecule has 2 bridgehead atoms. The molecule has 1 aliphatic carbocycles. The zero-order chi connectivity index (χ0) is 17.5. The summed E-state index contributed by atoms with van der Waals surface area (Å²) in [5.41, 5.74) is -3.12. The van der Waals surface area contributed by atoms with Gasteiger partial charge in [0, 0.05) is 21.0 Å². The van der Waals surface area contributed by atoms with Crippen LogP contribution in [0.25, 0.3) is 0 Å². The van der Waals surface area contributed by atoms with Crippen LogP contribution in [0.15, 0.2) is 24.3 Å². The number of unbranched alkanes of at least 4 members (excludes halogenated alkanes) is 1. The molecule has 2 atom stereocenters. The van der Waals surface area contributed by atoms with Crippen molar-refractivity contribution in [3.05, 3.63) is 55.6 Å². The van der Waals surface area contributed by atoms with E-state index in [9.17, 15) is 25.0 Å². The Morgan fingerprint density at radius 2 is 1.75 bits per heavy atom. The highest BCUT2D eigenvalue weighted by Crippen LogP contribution is 2.47. The minimum Gasteiger partial charge on any atom is -0.289 e. The number of piperidine rings is 1. The molecular formula is C16H19N3O5. The standard InChI is InChI=1S/C16H19N3O5/c1-2-3-8-17-10-15(18(21)22)9-16(11-17,19(23)24)14(20)12-6-4-5-7-13(12)15/h4-7H,2-3,8-11H2,1H3/t15-,16+/m0/s1. The third-order valence-electron chi connectivity index (χ3n) is 5.18. The molecule has 0 radical (unpaired) electrons. The van der Waals surface area contributed by atoms with E-state index in [1.165, 1.54) is 6.07 Å². The molecule has 1 aromatic rings. The summed E-state index contributed by atoms with van der Waals surface area (Å²) in [6.45, 7) is 2.53. The SMILES string of the molecule is CCCCN1C[C@]2([N+](=O)[O-])C[C@]([N+](=O)[O-])(C1)c1ccccc1C2=O. The molecule has 0 aromatic heterocycles. The second-order valence-electron chi connectivity index (χ2n) is 6.69. The molecule has 3 rings (SSSR count). The van der Waals surface area contributed by atoms with Gasteiger partial charge in [0.25, 0.3) is 5.54 Å². The van der Waals surface area contributed by atoms with Gasteiger partial charge in [-0.05, 0) is 13.0 Å². The van der Waals surface area contributed by atoms with Gasteiger partial charge in [0.2, 0.25) is 5.78 Å². The van der Waals surface area contributed by atoms with E-state index in [0.717, 1.165) is 12.8 Å². The lowest BCUT2D eigenvalue weighted by Gasteiger charge is -2.45. The highest BCUT2D eigenvalue weighted by atomic mass is 16.6. The molecule has 0 saturated carbocycles. The summed E-state index contributed by atoms with van der Waals surface area (Å²) in [5, 5.41) is 23.8. The Morgan fingerprint density at radius 1 is 1.12 bits per heavy atom. The number of likely N-dealkylation sites (tertiary alicyclic amines) is 1. The van der Waals surface area contributed by atoms with Crippen molar-refractivity contribution in [2.24, 2.45) is 0 Å². The molecule has 24 heavy (non-hydrogen) atoms. The third-order valence-corrected chi connectivity index (χ3v) is 5.18. The van der Waals surface area contributed by atoms with E-state index in [1.54, 1.807) is 23.1 Å². The minimum atomic E-state index is -1.94. The van der Waals surface area contributed by atoms with Crippen LogP contribution in [0.1, 0.15) is 42.1 Å². The van der Waals surface area contributed by atoms with E-state index in [0.29, 0.717) is 12.1 Å². The number of nitro groups is 2. The van der Waals surface area contributed by atoms with E-state index in [4.69, 9.17) is 0 Å². The van der Waals surface area contributed by atoms with Gasteiger partial charge >= 0.3 is 5.54 Å². The number of benzene rings is 1. The first-order valence-electron chi connectivity index (χ1n) is 8.03. The molecule has 0 amide bonds. The van der Waals surface area contributed by atoms with Crippen molar-refractivity contribution >= 4 is 5.78 Å². The molecule has 2 aliphatic rings. The Labute approximate surface area is 138 Å². The summed E-state index contributed by atoms with van der Waals surface area (Å²) < 4.78 is 0. The first-order valence-corrected chi connectivity index (χ1v) is 8.03. The Kier molecular flexibility index (Phi) is 3.87. The monoisotopic (exact) mass is 333 g/mol. The van der Waals surface area contributed by atoms with Crippen molar-refractivity contribution < 1.29 is 14.6 Å². The Hall–Kier alpha value is -2.35. The third kappa shape index (κ3) is 2.13. The molecular weight excluding hydrogens is 314 g/mol. The fourth-order valence-electron chi connectivity index (χ4n) is 4.03. The van der Waals surface area contributed by atoms with E-state index in [-0.39, 0.29) is 25.1 Å². The molecule has 1 aliphatic heterocycles. The predicted octanol–water partition coefficient (Wildman–Crippen LogP) is 1.88. The second kappa shape index (κ2) is 5.62. The topological polar surface area (TPSA) is 107 Å². The van der Waals surface area contributed by atoms with Crippen LogP contribution in [0.5, 0.6) is 0 Å². The number of hydrogen-bond donors (Lipinski definition) is 0. The number of ketones is 1. The van der Waals surface area contributed by atoms with Gasteiger partial charge < -0.3 is 0 Å². The summed E-state index contributed by atoms with van der Waals surface area (Å²) in [4.78, 5) is 37.4. The van der Waals surface area contributed by atoms with Crippen LogP contribution < -0.4 is 0 Å². The average Bonchev–Trinajstić information content (AvgIpc) is 2.57. The molecule has 1 fully saturated rings. The fraction of sp³-hybridized carbons (Fsp3) is 0.562. The molecule has 8 heteroatoms. The summed E-state index contributed by atoms with van der Waals surface area (Å²) in [7, 11) is 0. The molecule has 0 unspecified atom stereocenters. The fourth-order valence-corrected chi connectivity index (χ4v) is 4.03. The summed E-state index contributed by atoms with van der Waals surface area (Å²) in [5.74, 6) is -0.609. The van der Waals surface area contributed by atoms with Gasteiger partial charge in [-0.1, -0.05) is 37.6 Å².